The highest BCUT2D eigenvalue weighted by molar-refractivity contribution is 9.12. The minimum atomic E-state index is -0.110. The van der Waals surface area contributed by atoms with Gasteiger partial charge in [-0.05, 0) is 35.5 Å². The second-order valence-corrected chi connectivity index (χ2v) is 4.26. The summed E-state index contributed by atoms with van der Waals surface area (Å²) in [6.07, 6.45) is 0. The van der Waals surface area contributed by atoms with Crippen molar-refractivity contribution >= 4 is 39.3 Å². The molecule has 0 spiro atoms. The third kappa shape index (κ3) is 6.38. The standard InChI is InChI=1S/C8H11BrO2S.2CH4/c1-4-12-8(6(3)11)7(9)5(2)10;;/h4H2,1-3H3;2*1H4/b8-7-;;. The van der Waals surface area contributed by atoms with E-state index in [-0.39, 0.29) is 26.4 Å². The van der Waals surface area contributed by atoms with Crippen molar-refractivity contribution in [3.8, 4) is 0 Å². The average Bonchev–Trinajstić information content (AvgIpc) is 1.98. The third-order valence-electron chi connectivity index (χ3n) is 1.12. The van der Waals surface area contributed by atoms with Crippen LogP contribution in [0.5, 0.6) is 0 Å². The normalized spacial score (nSPS) is 10.6. The molecule has 0 saturated heterocycles. The van der Waals surface area contributed by atoms with E-state index in [4.69, 9.17) is 0 Å². The van der Waals surface area contributed by atoms with Gasteiger partial charge in [-0.2, -0.15) is 0 Å². The fourth-order valence-corrected chi connectivity index (χ4v) is 2.01. The molecule has 0 fully saturated rings. The molecule has 0 atom stereocenters. The summed E-state index contributed by atoms with van der Waals surface area (Å²) in [5.41, 5.74) is 0. The Balaban J connectivity index is -0.000000605. The van der Waals surface area contributed by atoms with Gasteiger partial charge in [0, 0.05) is 0 Å². The van der Waals surface area contributed by atoms with E-state index < -0.39 is 0 Å². The van der Waals surface area contributed by atoms with Gasteiger partial charge in [0.2, 0.25) is 0 Å². The number of allylic oxidation sites excluding steroid dienone is 2. The van der Waals surface area contributed by atoms with E-state index in [1.54, 1.807) is 0 Å². The molecule has 0 heterocycles. The molecule has 0 saturated carbocycles. The van der Waals surface area contributed by atoms with Crippen molar-refractivity contribution in [3.05, 3.63) is 9.39 Å². The maximum Gasteiger partial charge on any atom is 0.168 e. The zero-order valence-corrected chi connectivity index (χ0v) is 9.71. The van der Waals surface area contributed by atoms with Gasteiger partial charge in [-0.1, -0.05) is 21.8 Å². The van der Waals surface area contributed by atoms with E-state index >= 15 is 0 Å². The Hall–Kier alpha value is -0.0900. The first-order valence-electron chi connectivity index (χ1n) is 3.55. The molecule has 0 aromatic rings. The number of carbonyl (C=O) groups excluding carboxylic acids is 2. The number of Topliss-reactive ketones (excluding diaryl/α,β-unsaturated/α-hetero) is 2. The molecule has 0 rings (SSSR count). The van der Waals surface area contributed by atoms with Gasteiger partial charge in [0.25, 0.3) is 0 Å². The van der Waals surface area contributed by atoms with E-state index in [1.807, 2.05) is 6.92 Å². The van der Waals surface area contributed by atoms with Crippen LogP contribution in [0.25, 0.3) is 0 Å². The Labute approximate surface area is 99.7 Å². The number of carbonyl (C=O) groups is 2. The summed E-state index contributed by atoms with van der Waals surface area (Å²) < 4.78 is 0.391. The molecule has 0 aromatic carbocycles. The van der Waals surface area contributed by atoms with Crippen LogP contribution in [0.1, 0.15) is 35.6 Å². The van der Waals surface area contributed by atoms with Crippen LogP contribution in [-0.4, -0.2) is 17.3 Å². The van der Waals surface area contributed by atoms with Gasteiger partial charge in [0.1, 0.15) is 0 Å². The Kier molecular flexibility index (Phi) is 13.2. The van der Waals surface area contributed by atoms with Gasteiger partial charge in [-0.25, -0.2) is 0 Å². The molecular formula is C10H19BrO2S. The summed E-state index contributed by atoms with van der Waals surface area (Å²) in [5.74, 6) is 0.613. The van der Waals surface area contributed by atoms with Crippen molar-refractivity contribution < 1.29 is 9.59 Å². The minimum absolute atomic E-state index is 0. The topological polar surface area (TPSA) is 34.1 Å². The molecule has 0 amide bonds. The van der Waals surface area contributed by atoms with Crippen LogP contribution in [0.2, 0.25) is 0 Å². The van der Waals surface area contributed by atoms with Gasteiger partial charge in [-0.15, -0.1) is 11.8 Å². The second kappa shape index (κ2) is 9.46. The van der Waals surface area contributed by atoms with Crippen LogP contribution in [0.15, 0.2) is 9.39 Å². The summed E-state index contributed by atoms with van der Waals surface area (Å²) in [7, 11) is 0. The molecule has 0 unspecified atom stereocenters. The smallest absolute Gasteiger partial charge is 0.168 e. The van der Waals surface area contributed by atoms with Crippen LogP contribution in [-0.2, 0) is 9.59 Å². The highest BCUT2D eigenvalue weighted by Crippen LogP contribution is 2.24. The van der Waals surface area contributed by atoms with Crippen molar-refractivity contribution in [1.82, 2.24) is 0 Å². The van der Waals surface area contributed by atoms with Crippen molar-refractivity contribution in [3.63, 3.8) is 0 Å². The van der Waals surface area contributed by atoms with E-state index in [0.717, 1.165) is 5.75 Å². The molecule has 14 heavy (non-hydrogen) atoms. The lowest BCUT2D eigenvalue weighted by molar-refractivity contribution is -0.115. The summed E-state index contributed by atoms with van der Waals surface area (Å²) in [6.45, 7) is 4.83. The first kappa shape index (κ1) is 19.5. The lowest BCUT2D eigenvalue weighted by atomic mass is 10.3. The van der Waals surface area contributed by atoms with E-state index in [9.17, 15) is 9.59 Å². The molecule has 84 valence electrons. The van der Waals surface area contributed by atoms with E-state index in [1.165, 1.54) is 25.6 Å². The molecule has 0 aromatic heterocycles. The van der Waals surface area contributed by atoms with Crippen LogP contribution < -0.4 is 0 Å². The number of rotatable bonds is 4. The van der Waals surface area contributed by atoms with Crippen molar-refractivity contribution in [2.75, 3.05) is 5.75 Å². The summed E-state index contributed by atoms with van der Waals surface area (Å²) >= 11 is 4.48. The molecule has 0 radical (unpaired) electrons. The molecule has 0 aliphatic rings. The first-order valence-corrected chi connectivity index (χ1v) is 5.33. The van der Waals surface area contributed by atoms with E-state index in [0.29, 0.717) is 9.39 Å². The van der Waals surface area contributed by atoms with Crippen molar-refractivity contribution in [2.45, 2.75) is 35.6 Å². The fraction of sp³-hybridized carbons (Fsp3) is 0.600. The van der Waals surface area contributed by atoms with Gasteiger partial charge in [-0.3, -0.25) is 9.59 Å². The second-order valence-electron chi connectivity index (χ2n) is 2.19. The Bertz CT molecular complexity index is 234. The molecule has 4 heteroatoms. The predicted molar refractivity (Wildman–Crippen MR) is 68.9 cm³/mol. The highest BCUT2D eigenvalue weighted by Gasteiger charge is 2.12. The number of hydrogen-bond donors (Lipinski definition) is 0. The summed E-state index contributed by atoms with van der Waals surface area (Å²) in [6, 6.07) is 0. The third-order valence-corrected chi connectivity index (χ3v) is 3.40. The van der Waals surface area contributed by atoms with Gasteiger partial charge in [0.05, 0.1) is 9.39 Å². The number of hydrogen-bond acceptors (Lipinski definition) is 3. The van der Waals surface area contributed by atoms with Crippen molar-refractivity contribution in [2.24, 2.45) is 0 Å². The average molecular weight is 283 g/mol. The van der Waals surface area contributed by atoms with Gasteiger partial charge >= 0.3 is 0 Å². The summed E-state index contributed by atoms with van der Waals surface area (Å²) in [5, 5.41) is 0. The molecule has 0 aliphatic heterocycles. The lowest BCUT2D eigenvalue weighted by Gasteiger charge is -2.02. The highest BCUT2D eigenvalue weighted by atomic mass is 79.9. The van der Waals surface area contributed by atoms with Crippen LogP contribution >= 0.6 is 27.7 Å². The fourth-order valence-electron chi connectivity index (χ4n) is 0.624. The lowest BCUT2D eigenvalue weighted by Crippen LogP contribution is -2.00. The first-order chi connectivity index (χ1) is 5.50. The molecule has 0 bridgehead atoms. The Morgan fingerprint density at radius 1 is 1.14 bits per heavy atom. The predicted octanol–water partition coefficient (Wildman–Crippen LogP) is 3.80. The maximum absolute atomic E-state index is 11.0. The minimum Gasteiger partial charge on any atom is -0.294 e. The monoisotopic (exact) mass is 282 g/mol. The molecule has 2 nitrogen and oxygen atoms in total. The zero-order valence-electron chi connectivity index (χ0n) is 7.31. The summed E-state index contributed by atoms with van der Waals surface area (Å²) in [4.78, 5) is 22.4. The van der Waals surface area contributed by atoms with Gasteiger partial charge < -0.3 is 0 Å². The largest absolute Gasteiger partial charge is 0.294 e. The van der Waals surface area contributed by atoms with Gasteiger partial charge in [0.15, 0.2) is 11.6 Å². The molecular weight excluding hydrogens is 264 g/mol. The SMILES string of the molecule is C.C.CCS/C(C(C)=O)=C(\Br)C(C)=O. The molecule has 0 aliphatic carbocycles. The maximum atomic E-state index is 11.0. The Morgan fingerprint density at radius 2 is 1.57 bits per heavy atom. The van der Waals surface area contributed by atoms with E-state index in [2.05, 4.69) is 15.9 Å². The Morgan fingerprint density at radius 3 is 1.79 bits per heavy atom. The number of thioether (sulfide) groups is 1. The van der Waals surface area contributed by atoms with Crippen LogP contribution in [0, 0.1) is 0 Å². The quantitative estimate of drug-likeness (QED) is 0.736. The zero-order chi connectivity index (χ0) is 9.72. The van der Waals surface area contributed by atoms with Crippen LogP contribution in [0.4, 0.5) is 0 Å². The van der Waals surface area contributed by atoms with Crippen molar-refractivity contribution in [1.29, 1.82) is 0 Å². The van der Waals surface area contributed by atoms with Crippen LogP contribution in [0.3, 0.4) is 0 Å². The number of halogens is 1. The molecule has 0 N–H and O–H groups in total. The number of ketones is 2.